The quantitative estimate of drug-likeness (QED) is 0.791. The lowest BCUT2D eigenvalue weighted by molar-refractivity contribution is -0.136. The molecule has 0 radical (unpaired) electrons. The maximum Gasteiger partial charge on any atom is 0.311 e. The second kappa shape index (κ2) is 5.87. The van der Waals surface area contributed by atoms with Gasteiger partial charge < -0.3 is 14.4 Å². The summed E-state index contributed by atoms with van der Waals surface area (Å²) in [4.78, 5) is 23.8. The van der Waals surface area contributed by atoms with E-state index in [1.807, 2.05) is 0 Å². The van der Waals surface area contributed by atoms with Crippen molar-refractivity contribution in [2.75, 3.05) is 25.6 Å². The van der Waals surface area contributed by atoms with Crippen LogP contribution in [0.1, 0.15) is 16.1 Å². The van der Waals surface area contributed by atoms with Crippen LogP contribution in [-0.2, 0) is 21.1 Å². The first-order valence-corrected chi connectivity index (χ1v) is 7.48. The molecule has 0 aliphatic heterocycles. The molecule has 1 heterocycles. The van der Waals surface area contributed by atoms with Gasteiger partial charge in [0.05, 0.1) is 17.6 Å². The fourth-order valence-electron chi connectivity index (χ4n) is 1.42. The van der Waals surface area contributed by atoms with Gasteiger partial charge in [0.2, 0.25) is 0 Å². The lowest BCUT2D eigenvalue weighted by Gasteiger charge is -2.16. The molecule has 1 N–H and O–H groups in total. The Kier molecular flexibility index (Phi) is 4.71. The van der Waals surface area contributed by atoms with Crippen molar-refractivity contribution in [3.63, 3.8) is 0 Å². The number of carboxylic acids is 1. The zero-order valence-electron chi connectivity index (χ0n) is 10.6. The van der Waals surface area contributed by atoms with Gasteiger partial charge in [0.1, 0.15) is 22.0 Å². The normalized spacial score (nSPS) is 11.3. The van der Waals surface area contributed by atoms with E-state index in [-0.39, 0.29) is 23.6 Å². The zero-order chi connectivity index (χ0) is 14.6. The minimum atomic E-state index is -3.16. The van der Waals surface area contributed by atoms with Crippen LogP contribution in [0, 0.1) is 0 Å². The van der Waals surface area contributed by atoms with Crippen LogP contribution in [0.5, 0.6) is 0 Å². The summed E-state index contributed by atoms with van der Waals surface area (Å²) in [5.41, 5.74) is 0.137. The number of carbonyl (C=O) groups is 2. The highest BCUT2D eigenvalue weighted by Crippen LogP contribution is 2.13. The molecule has 7 nitrogen and oxygen atoms in total. The molecule has 1 amide bonds. The number of amides is 1. The van der Waals surface area contributed by atoms with Crippen molar-refractivity contribution in [1.29, 1.82) is 0 Å². The van der Waals surface area contributed by atoms with E-state index in [2.05, 4.69) is 0 Å². The molecule has 0 spiro atoms. The van der Waals surface area contributed by atoms with Crippen molar-refractivity contribution in [2.24, 2.45) is 0 Å². The molecule has 1 rings (SSSR count). The van der Waals surface area contributed by atoms with Gasteiger partial charge in [0, 0.05) is 19.8 Å². The number of aliphatic carboxylic acids is 1. The Hall–Kier alpha value is -1.83. The number of furan rings is 1. The van der Waals surface area contributed by atoms with Crippen LogP contribution >= 0.6 is 0 Å². The van der Waals surface area contributed by atoms with Gasteiger partial charge >= 0.3 is 5.97 Å². The summed E-state index contributed by atoms with van der Waals surface area (Å²) in [5, 5.41) is 8.68. The summed E-state index contributed by atoms with van der Waals surface area (Å²) in [6, 6.07) is 1.37. The van der Waals surface area contributed by atoms with Crippen LogP contribution in [0.4, 0.5) is 0 Å². The second-order valence-electron chi connectivity index (χ2n) is 4.18. The van der Waals surface area contributed by atoms with Crippen molar-refractivity contribution in [1.82, 2.24) is 4.90 Å². The number of carboxylic acid groups (broad SMARTS) is 1. The molecule has 0 atom stereocenters. The number of sulfone groups is 1. The highest BCUT2D eigenvalue weighted by Gasteiger charge is 2.20. The summed E-state index contributed by atoms with van der Waals surface area (Å²) in [6.07, 6.45) is 1.92. The number of rotatable bonds is 6. The number of hydrogen-bond donors (Lipinski definition) is 1. The van der Waals surface area contributed by atoms with Gasteiger partial charge in [-0.1, -0.05) is 0 Å². The van der Waals surface area contributed by atoms with E-state index in [0.29, 0.717) is 0 Å². The Bertz CT molecular complexity index is 574. The molecule has 19 heavy (non-hydrogen) atoms. The van der Waals surface area contributed by atoms with Crippen molar-refractivity contribution >= 4 is 21.7 Å². The topological polar surface area (TPSA) is 105 Å². The van der Waals surface area contributed by atoms with Crippen molar-refractivity contribution in [3.05, 3.63) is 23.7 Å². The molecule has 8 heteroatoms. The average molecular weight is 289 g/mol. The highest BCUT2D eigenvalue weighted by atomic mass is 32.2. The lowest BCUT2D eigenvalue weighted by atomic mass is 10.2. The SMILES string of the molecule is CN(CCS(C)(=O)=O)C(=O)c1ccoc1CC(=O)O. The zero-order valence-corrected chi connectivity index (χ0v) is 11.4. The van der Waals surface area contributed by atoms with E-state index < -0.39 is 28.1 Å². The maximum atomic E-state index is 12.0. The first kappa shape index (κ1) is 15.2. The Morgan fingerprint density at radius 2 is 2.05 bits per heavy atom. The van der Waals surface area contributed by atoms with Gasteiger partial charge in [-0.25, -0.2) is 8.42 Å². The molecule has 0 saturated heterocycles. The Balaban J connectivity index is 2.77. The summed E-state index contributed by atoms with van der Waals surface area (Å²) >= 11 is 0. The first-order chi connectivity index (χ1) is 8.70. The van der Waals surface area contributed by atoms with Crippen molar-refractivity contribution in [2.45, 2.75) is 6.42 Å². The van der Waals surface area contributed by atoms with Gasteiger partial charge in [-0.05, 0) is 6.07 Å². The molecule has 0 aliphatic carbocycles. The van der Waals surface area contributed by atoms with Crippen molar-refractivity contribution < 1.29 is 27.5 Å². The van der Waals surface area contributed by atoms with E-state index >= 15 is 0 Å². The van der Waals surface area contributed by atoms with Gasteiger partial charge in [-0.2, -0.15) is 0 Å². The van der Waals surface area contributed by atoms with E-state index in [9.17, 15) is 18.0 Å². The van der Waals surface area contributed by atoms with E-state index in [1.165, 1.54) is 24.3 Å². The Labute approximate surface area is 110 Å². The smallest absolute Gasteiger partial charge is 0.311 e. The molecule has 0 unspecified atom stereocenters. The molecule has 106 valence electrons. The minimum Gasteiger partial charge on any atom is -0.481 e. The largest absolute Gasteiger partial charge is 0.481 e. The third kappa shape index (κ3) is 4.74. The minimum absolute atomic E-state index is 0.0371. The fourth-order valence-corrected chi connectivity index (χ4v) is 2.02. The third-order valence-corrected chi connectivity index (χ3v) is 3.36. The lowest BCUT2D eigenvalue weighted by Crippen LogP contribution is -2.31. The van der Waals surface area contributed by atoms with Crippen LogP contribution in [0.25, 0.3) is 0 Å². The standard InChI is InChI=1S/C11H15NO6S/c1-12(4-6-19(2,16)17)11(15)8-3-5-18-9(8)7-10(13)14/h3,5H,4,6-7H2,1-2H3,(H,13,14). The Morgan fingerprint density at radius 1 is 1.42 bits per heavy atom. The Morgan fingerprint density at radius 3 is 2.58 bits per heavy atom. The van der Waals surface area contributed by atoms with Crippen LogP contribution in [0.15, 0.2) is 16.7 Å². The monoisotopic (exact) mass is 289 g/mol. The summed E-state index contributed by atoms with van der Waals surface area (Å²) in [6.45, 7) is 0.0371. The third-order valence-electron chi connectivity index (χ3n) is 2.43. The van der Waals surface area contributed by atoms with Crippen LogP contribution in [-0.4, -0.2) is 55.9 Å². The molecule has 1 aromatic rings. The molecular weight excluding hydrogens is 274 g/mol. The molecule has 0 saturated carbocycles. The van der Waals surface area contributed by atoms with Crippen molar-refractivity contribution in [3.8, 4) is 0 Å². The van der Waals surface area contributed by atoms with E-state index in [4.69, 9.17) is 9.52 Å². The molecular formula is C11H15NO6S. The molecule has 0 aromatic carbocycles. The fraction of sp³-hybridized carbons (Fsp3) is 0.455. The summed E-state index contributed by atoms with van der Waals surface area (Å²) in [7, 11) is -1.71. The maximum absolute atomic E-state index is 12.0. The van der Waals surface area contributed by atoms with Crippen LogP contribution < -0.4 is 0 Å². The molecule has 0 fully saturated rings. The van der Waals surface area contributed by atoms with E-state index in [1.54, 1.807) is 0 Å². The van der Waals surface area contributed by atoms with E-state index in [0.717, 1.165) is 6.26 Å². The summed E-state index contributed by atoms with van der Waals surface area (Å²) < 4.78 is 27.0. The van der Waals surface area contributed by atoms with Gasteiger partial charge in [-0.15, -0.1) is 0 Å². The van der Waals surface area contributed by atoms with Crippen LogP contribution in [0.3, 0.4) is 0 Å². The van der Waals surface area contributed by atoms with Gasteiger partial charge in [0.25, 0.3) is 5.91 Å². The predicted molar refractivity (Wildman–Crippen MR) is 66.7 cm³/mol. The molecule has 0 bridgehead atoms. The molecule has 1 aromatic heterocycles. The van der Waals surface area contributed by atoms with Gasteiger partial charge in [0.15, 0.2) is 0 Å². The first-order valence-electron chi connectivity index (χ1n) is 5.42. The average Bonchev–Trinajstić information content (AvgIpc) is 2.71. The van der Waals surface area contributed by atoms with Gasteiger partial charge in [-0.3, -0.25) is 9.59 Å². The highest BCUT2D eigenvalue weighted by molar-refractivity contribution is 7.90. The summed E-state index contributed by atoms with van der Waals surface area (Å²) in [5.74, 6) is -1.67. The number of hydrogen-bond acceptors (Lipinski definition) is 5. The molecule has 0 aliphatic rings. The number of carbonyl (C=O) groups excluding carboxylic acids is 1. The second-order valence-corrected chi connectivity index (χ2v) is 6.44. The number of nitrogens with zero attached hydrogens (tertiary/aromatic N) is 1. The predicted octanol–water partition coefficient (Wildman–Crippen LogP) is 0.0233. The van der Waals surface area contributed by atoms with Crippen LogP contribution in [0.2, 0.25) is 0 Å².